The van der Waals surface area contributed by atoms with Gasteiger partial charge in [-0.15, -0.1) is 0 Å². The van der Waals surface area contributed by atoms with Gasteiger partial charge in [0.25, 0.3) is 5.91 Å². The minimum atomic E-state index is -0.684. The molecule has 3 aromatic rings. The van der Waals surface area contributed by atoms with E-state index in [-0.39, 0.29) is 18.1 Å². The summed E-state index contributed by atoms with van der Waals surface area (Å²) < 4.78 is 25.2. The number of carbonyl (C=O) groups is 3. The number of methoxy groups -OCH3 is 1. The van der Waals surface area contributed by atoms with Crippen LogP contribution in [-0.2, 0) is 16.2 Å². The van der Waals surface area contributed by atoms with Crippen LogP contribution >= 0.6 is 22.6 Å². The molecule has 4 amide bonds. The molecular weight excluding hydrogens is 592 g/mol. The van der Waals surface area contributed by atoms with Crippen LogP contribution in [0.15, 0.2) is 66.4 Å². The number of rotatable bonds is 8. The number of ether oxygens (including phenoxy) is 2. The zero-order chi connectivity index (χ0) is 26.5. The van der Waals surface area contributed by atoms with Crippen molar-refractivity contribution in [3.8, 4) is 11.5 Å². The second-order valence-corrected chi connectivity index (χ2v) is 9.41. The summed E-state index contributed by atoms with van der Waals surface area (Å²) in [5.41, 5.74) is 3.02. The molecule has 0 radical (unpaired) electrons. The molecule has 0 bridgehead atoms. The van der Waals surface area contributed by atoms with Crippen LogP contribution in [-0.4, -0.2) is 36.4 Å². The lowest BCUT2D eigenvalue weighted by molar-refractivity contribution is -0.127. The molecule has 190 valence electrons. The van der Waals surface area contributed by atoms with E-state index < -0.39 is 24.4 Å². The van der Waals surface area contributed by atoms with Gasteiger partial charge in [-0.1, -0.05) is 29.8 Å². The molecule has 2 N–H and O–H groups in total. The normalized spacial score (nSPS) is 14.1. The number of imide groups is 1. The third-order valence-corrected chi connectivity index (χ3v) is 6.26. The maximum Gasteiger partial charge on any atom is 0.329 e. The number of carbonyl (C=O) groups excluding carboxylic acids is 3. The molecule has 0 unspecified atom stereocenters. The second-order valence-electron chi connectivity index (χ2n) is 8.24. The lowest BCUT2D eigenvalue weighted by Crippen LogP contribution is -2.38. The molecule has 1 aliphatic heterocycles. The highest BCUT2D eigenvalue weighted by Crippen LogP contribution is 2.35. The van der Waals surface area contributed by atoms with Crippen molar-refractivity contribution in [2.45, 2.75) is 13.5 Å². The Hall–Kier alpha value is -3.93. The van der Waals surface area contributed by atoms with E-state index in [4.69, 9.17) is 9.47 Å². The number of nitrogens with one attached hydrogen (secondary N) is 2. The monoisotopic (exact) mass is 615 g/mol. The quantitative estimate of drug-likeness (QED) is 0.215. The van der Waals surface area contributed by atoms with Gasteiger partial charge in [0.15, 0.2) is 11.5 Å². The number of benzene rings is 3. The molecule has 0 saturated carbocycles. The number of nitrogens with zero attached hydrogens (tertiary/aromatic N) is 1. The summed E-state index contributed by atoms with van der Waals surface area (Å²) in [5, 5.41) is 5.19. The average Bonchev–Trinajstić information content (AvgIpc) is 3.12. The molecule has 3 aromatic carbocycles. The molecule has 10 heteroatoms. The van der Waals surface area contributed by atoms with Crippen molar-refractivity contribution in [3.63, 3.8) is 0 Å². The first-order chi connectivity index (χ1) is 17.7. The molecule has 4 rings (SSSR count). The SMILES string of the molecule is COc1cc(/C=C2/NC(=O)N(CC(=O)Nc3ccc(C)cc3)C2=O)cc(I)c1OCc1ccc(F)cc1. The molecule has 1 fully saturated rings. The Labute approximate surface area is 226 Å². The van der Waals surface area contributed by atoms with Crippen molar-refractivity contribution in [2.24, 2.45) is 0 Å². The maximum atomic E-state index is 13.1. The standard InChI is InChI=1S/C27H23FIN3O5/c1-16-3-9-20(10-4-16)30-24(33)14-32-26(34)22(31-27(32)35)12-18-11-21(29)25(23(13-18)36-2)37-15-17-5-7-19(28)8-6-17/h3-13H,14-15H2,1-2H3,(H,30,33)(H,31,35)/b22-12+. The van der Waals surface area contributed by atoms with Gasteiger partial charge in [-0.3, -0.25) is 9.59 Å². The summed E-state index contributed by atoms with van der Waals surface area (Å²) >= 11 is 2.08. The van der Waals surface area contributed by atoms with Crippen LogP contribution in [0.1, 0.15) is 16.7 Å². The Morgan fingerprint density at radius 2 is 1.81 bits per heavy atom. The number of amides is 4. The van der Waals surface area contributed by atoms with E-state index in [1.54, 1.807) is 36.4 Å². The Kier molecular flexibility index (Phi) is 8.07. The van der Waals surface area contributed by atoms with E-state index in [1.165, 1.54) is 25.3 Å². The van der Waals surface area contributed by atoms with Gasteiger partial charge >= 0.3 is 6.03 Å². The maximum absolute atomic E-state index is 13.1. The fourth-order valence-electron chi connectivity index (χ4n) is 3.56. The number of hydrogen-bond donors (Lipinski definition) is 2. The Morgan fingerprint density at radius 1 is 1.11 bits per heavy atom. The van der Waals surface area contributed by atoms with Gasteiger partial charge < -0.3 is 20.1 Å². The fraction of sp³-hybridized carbons (Fsp3) is 0.148. The van der Waals surface area contributed by atoms with Crippen LogP contribution in [0.25, 0.3) is 6.08 Å². The molecular formula is C27H23FIN3O5. The first kappa shape index (κ1) is 26.1. The molecule has 37 heavy (non-hydrogen) atoms. The molecule has 8 nitrogen and oxygen atoms in total. The van der Waals surface area contributed by atoms with Crippen LogP contribution in [0.2, 0.25) is 0 Å². The zero-order valence-electron chi connectivity index (χ0n) is 20.0. The van der Waals surface area contributed by atoms with Crippen molar-refractivity contribution in [1.29, 1.82) is 0 Å². The third-order valence-electron chi connectivity index (χ3n) is 5.46. The highest BCUT2D eigenvalue weighted by molar-refractivity contribution is 14.1. The highest BCUT2D eigenvalue weighted by Gasteiger charge is 2.35. The fourth-order valence-corrected chi connectivity index (χ4v) is 4.34. The highest BCUT2D eigenvalue weighted by atomic mass is 127. The van der Waals surface area contributed by atoms with Gasteiger partial charge in [-0.05, 0) is 83.1 Å². The van der Waals surface area contributed by atoms with Crippen LogP contribution in [0.3, 0.4) is 0 Å². The Balaban J connectivity index is 1.46. The lowest BCUT2D eigenvalue weighted by Gasteiger charge is -2.14. The van der Waals surface area contributed by atoms with Gasteiger partial charge in [-0.2, -0.15) is 0 Å². The zero-order valence-corrected chi connectivity index (χ0v) is 22.2. The Morgan fingerprint density at radius 3 is 2.49 bits per heavy atom. The topological polar surface area (TPSA) is 97.0 Å². The first-order valence-corrected chi connectivity index (χ1v) is 12.3. The van der Waals surface area contributed by atoms with Gasteiger partial charge in [0.2, 0.25) is 5.91 Å². The second kappa shape index (κ2) is 11.4. The van der Waals surface area contributed by atoms with E-state index >= 15 is 0 Å². The number of halogens is 2. The molecule has 1 heterocycles. The summed E-state index contributed by atoms with van der Waals surface area (Å²) in [7, 11) is 1.49. The number of anilines is 1. The van der Waals surface area contributed by atoms with Crippen LogP contribution in [0.5, 0.6) is 11.5 Å². The van der Waals surface area contributed by atoms with Crippen molar-refractivity contribution < 1.29 is 28.2 Å². The Bertz CT molecular complexity index is 1370. The van der Waals surface area contributed by atoms with E-state index in [1.807, 2.05) is 19.1 Å². The van der Waals surface area contributed by atoms with Gasteiger partial charge in [-0.25, -0.2) is 14.1 Å². The molecule has 1 aliphatic rings. The van der Waals surface area contributed by atoms with E-state index in [2.05, 4.69) is 33.2 Å². The largest absolute Gasteiger partial charge is 0.493 e. The van der Waals surface area contributed by atoms with Crippen LogP contribution in [0, 0.1) is 16.3 Å². The average molecular weight is 615 g/mol. The third kappa shape index (κ3) is 6.45. The summed E-state index contributed by atoms with van der Waals surface area (Å²) in [6.45, 7) is 1.71. The van der Waals surface area contributed by atoms with Crippen molar-refractivity contribution >= 4 is 52.2 Å². The van der Waals surface area contributed by atoms with Gasteiger partial charge in [0.05, 0.1) is 10.7 Å². The number of hydrogen-bond acceptors (Lipinski definition) is 5. The minimum absolute atomic E-state index is 0.0333. The number of aryl methyl sites for hydroxylation is 1. The summed E-state index contributed by atoms with van der Waals surface area (Å²) in [6, 6.07) is 15.9. The number of urea groups is 1. The minimum Gasteiger partial charge on any atom is -0.493 e. The van der Waals surface area contributed by atoms with Crippen molar-refractivity contribution in [3.05, 3.63) is 92.4 Å². The van der Waals surface area contributed by atoms with Gasteiger partial charge in [0, 0.05) is 5.69 Å². The van der Waals surface area contributed by atoms with Crippen LogP contribution in [0.4, 0.5) is 14.9 Å². The molecule has 0 atom stereocenters. The van der Waals surface area contributed by atoms with Crippen LogP contribution < -0.4 is 20.1 Å². The smallest absolute Gasteiger partial charge is 0.329 e. The molecule has 0 spiro atoms. The van der Waals surface area contributed by atoms with E-state index in [0.29, 0.717) is 26.3 Å². The van der Waals surface area contributed by atoms with E-state index in [0.717, 1.165) is 16.0 Å². The summed E-state index contributed by atoms with van der Waals surface area (Å²) in [4.78, 5) is 38.5. The molecule has 0 aliphatic carbocycles. The molecule has 1 saturated heterocycles. The first-order valence-electron chi connectivity index (χ1n) is 11.2. The van der Waals surface area contributed by atoms with E-state index in [9.17, 15) is 18.8 Å². The predicted molar refractivity (Wildman–Crippen MR) is 144 cm³/mol. The summed E-state index contributed by atoms with van der Waals surface area (Å²) in [5.74, 6) is -0.521. The summed E-state index contributed by atoms with van der Waals surface area (Å²) in [6.07, 6.45) is 1.51. The predicted octanol–water partition coefficient (Wildman–Crippen LogP) is 4.86. The molecule has 0 aromatic heterocycles. The van der Waals surface area contributed by atoms with Crippen molar-refractivity contribution in [1.82, 2.24) is 10.2 Å². The van der Waals surface area contributed by atoms with Crippen molar-refractivity contribution in [2.75, 3.05) is 19.0 Å². The lowest BCUT2D eigenvalue weighted by atomic mass is 10.1. The van der Waals surface area contributed by atoms with Gasteiger partial charge in [0.1, 0.15) is 24.7 Å².